The summed E-state index contributed by atoms with van der Waals surface area (Å²) in [4.78, 5) is 8.35. The summed E-state index contributed by atoms with van der Waals surface area (Å²) in [6.45, 7) is 4.34. The Morgan fingerprint density at radius 3 is 2.38 bits per heavy atom. The van der Waals surface area contributed by atoms with Crippen LogP contribution in [0.5, 0.6) is 11.5 Å². The average molecular weight is 567 g/mol. The van der Waals surface area contributed by atoms with Crippen LogP contribution in [0.1, 0.15) is 24.5 Å². The minimum absolute atomic E-state index is 0. The molecule has 2 aromatic rings. The van der Waals surface area contributed by atoms with Gasteiger partial charge in [0.15, 0.2) is 17.5 Å². The van der Waals surface area contributed by atoms with Crippen LogP contribution in [-0.4, -0.2) is 44.8 Å². The van der Waals surface area contributed by atoms with Crippen LogP contribution in [0.25, 0.3) is 0 Å². The number of rotatable bonds is 10. The molecule has 1 heterocycles. The molecule has 0 saturated heterocycles. The molecule has 0 amide bonds. The predicted molar refractivity (Wildman–Crippen MR) is 130 cm³/mol. The lowest BCUT2D eigenvalue weighted by Crippen LogP contribution is -2.38. The van der Waals surface area contributed by atoms with Crippen molar-refractivity contribution in [3.05, 3.63) is 47.7 Å². The van der Waals surface area contributed by atoms with Crippen LogP contribution in [0.3, 0.4) is 0 Å². The van der Waals surface area contributed by atoms with Gasteiger partial charge in [0.1, 0.15) is 5.82 Å². The number of pyridine rings is 1. The quantitative estimate of drug-likeness (QED) is 0.172. The summed E-state index contributed by atoms with van der Waals surface area (Å²) in [6, 6.07) is 7.98. The molecule has 0 spiro atoms. The largest absolute Gasteiger partial charge is 0.493 e. The molecule has 0 radical (unpaired) electrons. The van der Waals surface area contributed by atoms with E-state index in [-0.39, 0.29) is 24.0 Å². The number of aromatic nitrogens is 1. The molecule has 0 bridgehead atoms. The van der Waals surface area contributed by atoms with Crippen LogP contribution >= 0.6 is 24.0 Å². The molecular weight excluding hydrogens is 538 g/mol. The highest BCUT2D eigenvalue weighted by molar-refractivity contribution is 14.0. The summed E-state index contributed by atoms with van der Waals surface area (Å²) in [5.74, 6) is 2.39. The van der Waals surface area contributed by atoms with Gasteiger partial charge in [-0.2, -0.15) is 13.2 Å². The lowest BCUT2D eigenvalue weighted by Gasteiger charge is -2.13. The summed E-state index contributed by atoms with van der Waals surface area (Å²) >= 11 is 0. The Hall–Kier alpha value is -2.44. The molecule has 0 saturated carbocycles. The number of guanidine groups is 1. The predicted octanol–water partition coefficient (Wildman–Crippen LogP) is 4.29. The van der Waals surface area contributed by atoms with E-state index in [4.69, 9.17) is 9.47 Å². The number of alkyl halides is 3. The van der Waals surface area contributed by atoms with Crippen LogP contribution in [0.4, 0.5) is 19.0 Å². The third-order valence-electron chi connectivity index (χ3n) is 4.25. The zero-order chi connectivity index (χ0) is 22.7. The van der Waals surface area contributed by atoms with Crippen LogP contribution in [0, 0.1) is 0 Å². The molecule has 0 unspecified atom stereocenters. The second kappa shape index (κ2) is 13.9. The van der Waals surface area contributed by atoms with Crippen LogP contribution in [-0.2, 0) is 12.7 Å². The zero-order valence-electron chi connectivity index (χ0n) is 18.3. The van der Waals surface area contributed by atoms with E-state index >= 15 is 0 Å². The average Bonchev–Trinajstić information content (AvgIpc) is 2.76. The number of nitrogens with one attached hydrogen (secondary N) is 3. The van der Waals surface area contributed by atoms with Crippen LogP contribution < -0.4 is 25.4 Å². The Morgan fingerprint density at radius 2 is 1.78 bits per heavy atom. The maximum absolute atomic E-state index is 12.6. The standard InChI is InChI=1S/C21H28F3N5O2.HI/c1-4-25-20(29-13-15-6-8-17(30-2)18(12-15)31-3)27-11-5-10-26-19-9-7-16(14-28-19)21(22,23)24;/h6-9,12,14H,4-5,10-11,13H2,1-3H3,(H,26,28)(H2,25,27,29);1H. The molecule has 32 heavy (non-hydrogen) atoms. The molecule has 178 valence electrons. The fourth-order valence-corrected chi connectivity index (χ4v) is 2.67. The topological polar surface area (TPSA) is 79.8 Å². The van der Waals surface area contributed by atoms with E-state index < -0.39 is 11.7 Å². The van der Waals surface area contributed by atoms with E-state index in [9.17, 15) is 13.2 Å². The monoisotopic (exact) mass is 567 g/mol. The minimum Gasteiger partial charge on any atom is -0.493 e. The summed E-state index contributed by atoms with van der Waals surface area (Å²) < 4.78 is 48.2. The van der Waals surface area contributed by atoms with E-state index in [1.54, 1.807) is 14.2 Å². The molecule has 1 aromatic heterocycles. The van der Waals surface area contributed by atoms with Crippen molar-refractivity contribution in [1.82, 2.24) is 15.6 Å². The van der Waals surface area contributed by atoms with Gasteiger partial charge in [-0.05, 0) is 43.2 Å². The number of ether oxygens (including phenoxy) is 2. The SMILES string of the molecule is CCNC(=NCc1ccc(OC)c(OC)c1)NCCCNc1ccc(C(F)(F)F)cn1.I. The first-order valence-corrected chi connectivity index (χ1v) is 9.87. The molecule has 1 aromatic carbocycles. The second-order valence-electron chi connectivity index (χ2n) is 6.52. The summed E-state index contributed by atoms with van der Waals surface area (Å²) in [5, 5.41) is 9.41. The van der Waals surface area contributed by atoms with Crippen molar-refractivity contribution in [1.29, 1.82) is 0 Å². The lowest BCUT2D eigenvalue weighted by atomic mass is 10.2. The van der Waals surface area contributed by atoms with Gasteiger partial charge in [-0.15, -0.1) is 24.0 Å². The number of benzene rings is 1. The van der Waals surface area contributed by atoms with E-state index in [0.29, 0.717) is 49.5 Å². The van der Waals surface area contributed by atoms with Crippen molar-refractivity contribution in [2.45, 2.75) is 26.1 Å². The number of hydrogen-bond donors (Lipinski definition) is 3. The van der Waals surface area contributed by atoms with Crippen molar-refractivity contribution in [3.63, 3.8) is 0 Å². The van der Waals surface area contributed by atoms with E-state index in [2.05, 4.69) is 25.9 Å². The van der Waals surface area contributed by atoms with Crippen LogP contribution in [0.15, 0.2) is 41.5 Å². The Balaban J connectivity index is 0.00000512. The highest BCUT2D eigenvalue weighted by atomic mass is 127. The van der Waals surface area contributed by atoms with Gasteiger partial charge >= 0.3 is 6.18 Å². The first-order valence-electron chi connectivity index (χ1n) is 9.87. The fraction of sp³-hybridized carbons (Fsp3) is 0.429. The number of anilines is 1. The number of halogens is 4. The first kappa shape index (κ1) is 27.6. The first-order chi connectivity index (χ1) is 14.9. The third kappa shape index (κ3) is 8.97. The Bertz CT molecular complexity index is 848. The van der Waals surface area contributed by atoms with Gasteiger partial charge in [-0.1, -0.05) is 6.07 Å². The lowest BCUT2D eigenvalue weighted by molar-refractivity contribution is -0.137. The minimum atomic E-state index is -4.38. The highest BCUT2D eigenvalue weighted by Crippen LogP contribution is 2.29. The highest BCUT2D eigenvalue weighted by Gasteiger charge is 2.30. The van der Waals surface area contributed by atoms with E-state index in [1.807, 2.05) is 25.1 Å². The molecule has 0 aliphatic heterocycles. The summed E-state index contributed by atoms with van der Waals surface area (Å²) in [5.41, 5.74) is 0.214. The van der Waals surface area contributed by atoms with Crippen molar-refractivity contribution < 1.29 is 22.6 Å². The Labute approximate surface area is 203 Å². The molecule has 11 heteroatoms. The van der Waals surface area contributed by atoms with Gasteiger partial charge in [0.05, 0.1) is 26.3 Å². The molecule has 2 rings (SSSR count). The molecule has 0 aliphatic carbocycles. The van der Waals surface area contributed by atoms with E-state index in [1.165, 1.54) is 6.07 Å². The molecule has 0 fully saturated rings. The smallest absolute Gasteiger partial charge is 0.417 e. The number of hydrogen-bond acceptors (Lipinski definition) is 5. The molecular formula is C21H29F3IN5O2. The van der Waals surface area contributed by atoms with Gasteiger partial charge in [-0.3, -0.25) is 0 Å². The normalized spacial score (nSPS) is 11.4. The molecule has 0 atom stereocenters. The number of nitrogens with zero attached hydrogens (tertiary/aromatic N) is 2. The van der Waals surface area contributed by atoms with Crippen molar-refractivity contribution in [3.8, 4) is 11.5 Å². The van der Waals surface area contributed by atoms with Gasteiger partial charge in [0, 0.05) is 25.8 Å². The summed E-state index contributed by atoms with van der Waals surface area (Å²) in [6.07, 6.45) is -2.83. The van der Waals surface area contributed by atoms with Crippen molar-refractivity contribution in [2.24, 2.45) is 4.99 Å². The molecule has 7 nitrogen and oxygen atoms in total. The van der Waals surface area contributed by atoms with Crippen molar-refractivity contribution in [2.75, 3.05) is 39.2 Å². The number of methoxy groups -OCH3 is 2. The van der Waals surface area contributed by atoms with Gasteiger partial charge < -0.3 is 25.4 Å². The maximum Gasteiger partial charge on any atom is 0.417 e. The number of aliphatic imine (C=N–C) groups is 1. The molecule has 3 N–H and O–H groups in total. The zero-order valence-corrected chi connectivity index (χ0v) is 20.6. The van der Waals surface area contributed by atoms with Crippen molar-refractivity contribution >= 4 is 35.8 Å². The Kier molecular flexibility index (Phi) is 12.0. The maximum atomic E-state index is 12.6. The third-order valence-corrected chi connectivity index (χ3v) is 4.25. The van der Waals surface area contributed by atoms with Gasteiger partial charge in [0.25, 0.3) is 0 Å². The summed E-state index contributed by atoms with van der Waals surface area (Å²) in [7, 11) is 3.18. The van der Waals surface area contributed by atoms with E-state index in [0.717, 1.165) is 24.2 Å². The Morgan fingerprint density at radius 1 is 1.03 bits per heavy atom. The fourth-order valence-electron chi connectivity index (χ4n) is 2.67. The molecule has 0 aliphatic rings. The van der Waals surface area contributed by atoms with Crippen LogP contribution in [0.2, 0.25) is 0 Å². The van der Waals surface area contributed by atoms with Gasteiger partial charge in [0.2, 0.25) is 0 Å². The van der Waals surface area contributed by atoms with Gasteiger partial charge in [-0.25, -0.2) is 9.98 Å². The second-order valence-corrected chi connectivity index (χ2v) is 6.52.